The summed E-state index contributed by atoms with van der Waals surface area (Å²) in [5.74, 6) is 0. The van der Waals surface area contributed by atoms with Crippen LogP contribution < -0.4 is 5.73 Å². The van der Waals surface area contributed by atoms with Crippen molar-refractivity contribution in [2.24, 2.45) is 5.73 Å². The van der Waals surface area contributed by atoms with Crippen LogP contribution in [0.1, 0.15) is 31.4 Å². The van der Waals surface area contributed by atoms with Crippen LogP contribution in [-0.2, 0) is 17.6 Å². The summed E-state index contributed by atoms with van der Waals surface area (Å²) in [5, 5.41) is 0. The highest BCUT2D eigenvalue weighted by Crippen LogP contribution is 2.38. The Morgan fingerprint density at radius 2 is 2.14 bits per heavy atom. The number of nitrogens with zero attached hydrogens (tertiary/aromatic N) is 1. The van der Waals surface area contributed by atoms with E-state index >= 15 is 0 Å². The van der Waals surface area contributed by atoms with Crippen molar-refractivity contribution < 1.29 is 4.74 Å². The van der Waals surface area contributed by atoms with Crippen molar-refractivity contribution in [2.45, 2.75) is 44.2 Å². The average molecular weight is 353 g/mol. The summed E-state index contributed by atoms with van der Waals surface area (Å²) in [5.41, 5.74) is 9.35. The zero-order chi connectivity index (χ0) is 15.1. The molecule has 1 aromatic carbocycles. The first-order chi connectivity index (χ1) is 9.97. The van der Waals surface area contributed by atoms with Crippen molar-refractivity contribution in [3.8, 4) is 0 Å². The maximum atomic E-state index is 6.29. The Morgan fingerprint density at radius 1 is 1.33 bits per heavy atom. The minimum absolute atomic E-state index is 0.0600. The molecule has 3 rings (SSSR count). The molecule has 1 aromatic rings. The Balaban J connectivity index is 1.93. The van der Waals surface area contributed by atoms with Crippen LogP contribution in [0.2, 0.25) is 0 Å². The summed E-state index contributed by atoms with van der Waals surface area (Å²) in [6, 6.07) is 6.67. The summed E-state index contributed by atoms with van der Waals surface area (Å²) in [6.07, 6.45) is 3.30. The molecule has 1 saturated heterocycles. The second-order valence-corrected chi connectivity index (χ2v) is 7.95. The quantitative estimate of drug-likeness (QED) is 0.889. The number of benzene rings is 1. The van der Waals surface area contributed by atoms with Crippen molar-refractivity contribution in [2.75, 3.05) is 26.3 Å². The normalized spacial score (nSPS) is 29.1. The van der Waals surface area contributed by atoms with Gasteiger partial charge in [0.15, 0.2) is 0 Å². The lowest BCUT2D eigenvalue weighted by Crippen LogP contribution is -2.67. The van der Waals surface area contributed by atoms with Gasteiger partial charge in [-0.1, -0.05) is 22.0 Å². The monoisotopic (exact) mass is 352 g/mol. The van der Waals surface area contributed by atoms with Gasteiger partial charge in [0, 0.05) is 28.6 Å². The first-order valence-electron chi connectivity index (χ1n) is 7.80. The van der Waals surface area contributed by atoms with Crippen LogP contribution in [0.5, 0.6) is 0 Å². The third-order valence-corrected chi connectivity index (χ3v) is 5.64. The molecule has 1 fully saturated rings. The van der Waals surface area contributed by atoms with Gasteiger partial charge >= 0.3 is 0 Å². The van der Waals surface area contributed by atoms with E-state index in [9.17, 15) is 0 Å². The Bertz CT molecular complexity index is 532. The van der Waals surface area contributed by atoms with Gasteiger partial charge in [0.25, 0.3) is 0 Å². The number of hydrogen-bond acceptors (Lipinski definition) is 3. The predicted molar refractivity (Wildman–Crippen MR) is 89.6 cm³/mol. The summed E-state index contributed by atoms with van der Waals surface area (Å²) >= 11 is 3.58. The third kappa shape index (κ3) is 2.79. The molecule has 21 heavy (non-hydrogen) atoms. The number of ether oxygens (including phenoxy) is 1. The second-order valence-electron chi connectivity index (χ2n) is 7.03. The molecule has 1 heterocycles. The largest absolute Gasteiger partial charge is 0.378 e. The van der Waals surface area contributed by atoms with E-state index in [1.807, 2.05) is 0 Å². The molecule has 0 saturated carbocycles. The maximum Gasteiger partial charge on any atom is 0.0645 e. The fourth-order valence-corrected chi connectivity index (χ4v) is 4.47. The molecule has 0 radical (unpaired) electrons. The Morgan fingerprint density at radius 3 is 2.86 bits per heavy atom. The molecule has 3 nitrogen and oxygen atoms in total. The van der Waals surface area contributed by atoms with Crippen LogP contribution in [-0.4, -0.2) is 42.3 Å². The van der Waals surface area contributed by atoms with Gasteiger partial charge in [0.05, 0.1) is 13.2 Å². The fourth-order valence-electron chi connectivity index (χ4n) is 4.06. The fraction of sp³-hybridized carbons (Fsp3) is 0.647. The van der Waals surface area contributed by atoms with Crippen LogP contribution in [0, 0.1) is 0 Å². The molecular weight excluding hydrogens is 328 g/mol. The van der Waals surface area contributed by atoms with Gasteiger partial charge in [0.2, 0.25) is 0 Å². The smallest absolute Gasteiger partial charge is 0.0645 e. The van der Waals surface area contributed by atoms with Gasteiger partial charge in [-0.25, -0.2) is 0 Å². The molecule has 1 unspecified atom stereocenters. The number of halogens is 1. The Kier molecular flexibility index (Phi) is 4.17. The van der Waals surface area contributed by atoms with Crippen molar-refractivity contribution in [3.05, 3.63) is 33.8 Å². The first kappa shape index (κ1) is 15.5. The molecule has 0 spiro atoms. The summed E-state index contributed by atoms with van der Waals surface area (Å²) < 4.78 is 6.87. The van der Waals surface area contributed by atoms with E-state index in [2.05, 4.69) is 52.9 Å². The van der Waals surface area contributed by atoms with Crippen LogP contribution in [0.25, 0.3) is 0 Å². The van der Waals surface area contributed by atoms with Gasteiger partial charge in [-0.05, 0) is 56.4 Å². The number of fused-ring (bicyclic) bond motifs is 1. The molecule has 1 aliphatic heterocycles. The standard InChI is InChI=1S/C17H25BrN2O/c1-16(2)12-21-8-7-20(16)17(11-19)6-5-13-9-15(18)4-3-14(13)10-17/h3-4,9H,5-8,10-12,19H2,1-2H3. The summed E-state index contributed by atoms with van der Waals surface area (Å²) in [4.78, 5) is 2.62. The zero-order valence-corrected chi connectivity index (χ0v) is 14.6. The highest BCUT2D eigenvalue weighted by Gasteiger charge is 2.46. The van der Waals surface area contributed by atoms with Crippen molar-refractivity contribution in [1.29, 1.82) is 0 Å². The Labute approximate surface area is 136 Å². The van der Waals surface area contributed by atoms with Crippen molar-refractivity contribution in [1.82, 2.24) is 4.90 Å². The number of aryl methyl sites for hydroxylation is 1. The molecule has 0 aromatic heterocycles. The molecule has 116 valence electrons. The lowest BCUT2D eigenvalue weighted by molar-refractivity contribution is -0.107. The Hall–Kier alpha value is -0.420. The maximum absolute atomic E-state index is 6.29. The molecule has 0 amide bonds. The molecular formula is C17H25BrN2O. The molecule has 4 heteroatoms. The SMILES string of the molecule is CC1(C)COCCN1C1(CN)CCc2cc(Br)ccc2C1. The third-order valence-electron chi connectivity index (χ3n) is 5.15. The molecule has 0 bridgehead atoms. The van der Waals surface area contributed by atoms with Gasteiger partial charge in [-0.3, -0.25) is 4.90 Å². The number of nitrogens with two attached hydrogens (primary N) is 1. The van der Waals surface area contributed by atoms with Crippen LogP contribution in [0.4, 0.5) is 0 Å². The van der Waals surface area contributed by atoms with E-state index in [0.29, 0.717) is 6.54 Å². The number of rotatable bonds is 2. The number of hydrogen-bond donors (Lipinski definition) is 1. The van der Waals surface area contributed by atoms with Crippen LogP contribution in [0.15, 0.2) is 22.7 Å². The van der Waals surface area contributed by atoms with Gasteiger partial charge < -0.3 is 10.5 Å². The van der Waals surface area contributed by atoms with Gasteiger partial charge in [-0.2, -0.15) is 0 Å². The summed E-state index contributed by atoms with van der Waals surface area (Å²) in [7, 11) is 0. The minimum Gasteiger partial charge on any atom is -0.378 e. The van der Waals surface area contributed by atoms with E-state index in [1.54, 1.807) is 0 Å². The second kappa shape index (κ2) is 5.65. The predicted octanol–water partition coefficient (Wildman–Crippen LogP) is 2.75. The zero-order valence-electron chi connectivity index (χ0n) is 13.0. The lowest BCUT2D eigenvalue weighted by Gasteiger charge is -2.55. The first-order valence-corrected chi connectivity index (χ1v) is 8.59. The van der Waals surface area contributed by atoms with Crippen molar-refractivity contribution >= 4 is 15.9 Å². The van der Waals surface area contributed by atoms with Gasteiger partial charge in [0.1, 0.15) is 0 Å². The van der Waals surface area contributed by atoms with Crippen LogP contribution >= 0.6 is 15.9 Å². The molecule has 1 aliphatic carbocycles. The average Bonchev–Trinajstić information content (AvgIpc) is 2.46. The van der Waals surface area contributed by atoms with E-state index < -0.39 is 0 Å². The lowest BCUT2D eigenvalue weighted by atomic mass is 9.74. The van der Waals surface area contributed by atoms with Crippen molar-refractivity contribution in [3.63, 3.8) is 0 Å². The van der Waals surface area contributed by atoms with Gasteiger partial charge in [-0.15, -0.1) is 0 Å². The molecule has 2 aliphatic rings. The molecule has 2 N–H and O–H groups in total. The highest BCUT2D eigenvalue weighted by molar-refractivity contribution is 9.10. The van der Waals surface area contributed by atoms with E-state index in [-0.39, 0.29) is 11.1 Å². The highest BCUT2D eigenvalue weighted by atomic mass is 79.9. The van der Waals surface area contributed by atoms with E-state index in [0.717, 1.165) is 39.0 Å². The molecule has 1 atom stereocenters. The minimum atomic E-state index is 0.0600. The summed E-state index contributed by atoms with van der Waals surface area (Å²) in [6.45, 7) is 7.86. The van der Waals surface area contributed by atoms with E-state index in [4.69, 9.17) is 10.5 Å². The van der Waals surface area contributed by atoms with E-state index in [1.165, 1.54) is 15.6 Å². The topological polar surface area (TPSA) is 38.5 Å². The number of morpholine rings is 1. The van der Waals surface area contributed by atoms with Crippen LogP contribution in [0.3, 0.4) is 0 Å².